The molecule has 1 radical (unpaired) electrons. The molecule has 155 valence electrons. The number of carbonyl (C=O) groups excluding carboxylic acids is 1. The average molecular weight is 441 g/mol. The standard InChI is InChI=1S/C19H31NO6S.K/c21-15-9-7-5-3-1-2-4-6-8-14-20-18-12-10-17(11-13-18)19(22)26-16-27(23,24)25;/h10-13,20-21H,1-9,14-16H2,(H,23,24,25);. The van der Waals surface area contributed by atoms with E-state index in [1.54, 1.807) is 24.3 Å². The molecule has 0 atom stereocenters. The first-order valence-electron chi connectivity index (χ1n) is 9.49. The van der Waals surface area contributed by atoms with Crippen LogP contribution in [0.1, 0.15) is 68.1 Å². The Hall–Kier alpha value is -0.00364. The predicted octanol–water partition coefficient (Wildman–Crippen LogP) is 3.22. The van der Waals surface area contributed by atoms with Crippen LogP contribution in [0.15, 0.2) is 24.3 Å². The van der Waals surface area contributed by atoms with Crippen LogP contribution >= 0.6 is 0 Å². The first-order valence-corrected chi connectivity index (χ1v) is 11.1. The van der Waals surface area contributed by atoms with E-state index >= 15 is 0 Å². The predicted molar refractivity (Wildman–Crippen MR) is 111 cm³/mol. The Morgan fingerprint density at radius 3 is 1.89 bits per heavy atom. The summed E-state index contributed by atoms with van der Waals surface area (Å²) in [7, 11) is -4.33. The molecule has 0 saturated carbocycles. The molecule has 0 heterocycles. The molecule has 0 aliphatic heterocycles. The van der Waals surface area contributed by atoms with Crippen LogP contribution in [0.3, 0.4) is 0 Å². The fraction of sp³-hybridized carbons (Fsp3) is 0.632. The van der Waals surface area contributed by atoms with Gasteiger partial charge in [-0.05, 0) is 37.1 Å². The Kier molecular flexibility index (Phi) is 16.8. The number of nitrogens with one attached hydrogen (secondary N) is 1. The van der Waals surface area contributed by atoms with Gasteiger partial charge < -0.3 is 15.2 Å². The Bertz CT molecular complexity index is 636. The van der Waals surface area contributed by atoms with E-state index in [1.807, 2.05) is 0 Å². The van der Waals surface area contributed by atoms with Gasteiger partial charge in [0.15, 0.2) is 0 Å². The van der Waals surface area contributed by atoms with Gasteiger partial charge in [0.05, 0.1) is 5.56 Å². The van der Waals surface area contributed by atoms with Crippen LogP contribution in [0, 0.1) is 0 Å². The zero-order valence-corrected chi connectivity index (χ0v) is 20.7. The van der Waals surface area contributed by atoms with Crippen molar-refractivity contribution < 1.29 is 27.6 Å². The first-order chi connectivity index (χ1) is 12.9. The first kappa shape index (κ1) is 28.0. The van der Waals surface area contributed by atoms with Crippen LogP contribution in [-0.4, -0.2) is 94.5 Å². The molecule has 28 heavy (non-hydrogen) atoms. The SMILES string of the molecule is O=C(OCS(=O)(=O)O)c1ccc(NCCCCCCCCCCCO)cc1.[K]. The van der Waals surface area contributed by atoms with Crippen LogP contribution in [0.2, 0.25) is 0 Å². The number of unbranched alkanes of at least 4 members (excludes halogenated alkanes) is 8. The van der Waals surface area contributed by atoms with E-state index in [1.165, 1.54) is 38.5 Å². The number of hydrogen-bond acceptors (Lipinski definition) is 6. The molecule has 3 N–H and O–H groups in total. The van der Waals surface area contributed by atoms with Crippen molar-refractivity contribution in [2.45, 2.75) is 57.8 Å². The molecule has 0 fully saturated rings. The van der Waals surface area contributed by atoms with Crippen LogP contribution in [0.25, 0.3) is 0 Å². The largest absolute Gasteiger partial charge is 0.443 e. The van der Waals surface area contributed by atoms with Gasteiger partial charge in [-0.1, -0.05) is 44.9 Å². The molecule has 0 saturated heterocycles. The summed E-state index contributed by atoms with van der Waals surface area (Å²) in [6.07, 6.45) is 10.5. The summed E-state index contributed by atoms with van der Waals surface area (Å²) in [6.45, 7) is 1.15. The summed E-state index contributed by atoms with van der Waals surface area (Å²) >= 11 is 0. The molecule has 0 aliphatic rings. The van der Waals surface area contributed by atoms with E-state index in [0.29, 0.717) is 6.61 Å². The van der Waals surface area contributed by atoms with Crippen molar-refractivity contribution in [3.8, 4) is 0 Å². The van der Waals surface area contributed by atoms with Crippen LogP contribution in [0.5, 0.6) is 0 Å². The third-order valence-corrected chi connectivity index (χ3v) is 4.54. The number of esters is 1. The number of carbonyl (C=O) groups is 1. The van der Waals surface area contributed by atoms with E-state index in [9.17, 15) is 13.2 Å². The molecule has 0 aliphatic carbocycles. The summed E-state index contributed by atoms with van der Waals surface area (Å²) in [4.78, 5) is 11.6. The normalized spacial score (nSPS) is 10.9. The fourth-order valence-corrected chi connectivity index (χ4v) is 2.90. The molecule has 1 rings (SSSR count). The van der Waals surface area contributed by atoms with Crippen molar-refractivity contribution >= 4 is 73.2 Å². The van der Waals surface area contributed by atoms with Gasteiger partial charge in [0, 0.05) is 70.2 Å². The molecular weight excluding hydrogens is 409 g/mol. The number of aliphatic hydroxyl groups excluding tert-OH is 1. The number of rotatable bonds is 15. The smallest absolute Gasteiger partial charge is 0.339 e. The van der Waals surface area contributed by atoms with Crippen molar-refractivity contribution in [2.75, 3.05) is 24.4 Å². The number of hydrogen-bond donors (Lipinski definition) is 3. The Labute approximate surface area is 210 Å². The molecule has 0 unspecified atom stereocenters. The third-order valence-electron chi connectivity index (χ3n) is 4.12. The Morgan fingerprint density at radius 1 is 0.893 bits per heavy atom. The van der Waals surface area contributed by atoms with E-state index in [2.05, 4.69) is 10.1 Å². The Balaban J connectivity index is 0.00000729. The molecule has 9 heteroatoms. The summed E-state index contributed by atoms with van der Waals surface area (Å²) in [5.74, 6) is -1.84. The zero-order valence-electron chi connectivity index (χ0n) is 16.7. The van der Waals surface area contributed by atoms with Crippen molar-refractivity contribution in [2.24, 2.45) is 0 Å². The van der Waals surface area contributed by atoms with Gasteiger partial charge in [0.25, 0.3) is 0 Å². The molecule has 1 aromatic carbocycles. The minimum Gasteiger partial charge on any atom is -0.443 e. The molecule has 7 nitrogen and oxygen atoms in total. The van der Waals surface area contributed by atoms with E-state index < -0.39 is 22.0 Å². The quantitative estimate of drug-likeness (QED) is 0.166. The third kappa shape index (κ3) is 14.9. The summed E-state index contributed by atoms with van der Waals surface area (Å²) < 4.78 is 34.2. The average Bonchev–Trinajstić information content (AvgIpc) is 2.64. The van der Waals surface area contributed by atoms with Crippen molar-refractivity contribution in [1.29, 1.82) is 0 Å². The topological polar surface area (TPSA) is 113 Å². The monoisotopic (exact) mass is 440 g/mol. The van der Waals surface area contributed by atoms with Crippen LogP contribution < -0.4 is 5.32 Å². The van der Waals surface area contributed by atoms with E-state index in [-0.39, 0.29) is 56.9 Å². The fourth-order valence-electron chi connectivity index (χ4n) is 2.64. The van der Waals surface area contributed by atoms with Gasteiger partial charge in [0.1, 0.15) is 0 Å². The molecular formula is C19H31KNO6S. The summed E-state index contributed by atoms with van der Waals surface area (Å²) in [5.41, 5.74) is 1.11. The minimum absolute atomic E-state index is 0. The van der Waals surface area contributed by atoms with Gasteiger partial charge >= 0.3 is 16.1 Å². The molecule has 1 aromatic rings. The van der Waals surface area contributed by atoms with Crippen LogP contribution in [-0.2, 0) is 14.9 Å². The number of ether oxygens (including phenoxy) is 1. The molecule has 0 aromatic heterocycles. The van der Waals surface area contributed by atoms with Gasteiger partial charge in [-0.15, -0.1) is 0 Å². The van der Waals surface area contributed by atoms with Crippen molar-refractivity contribution in [3.63, 3.8) is 0 Å². The van der Waals surface area contributed by atoms with Crippen molar-refractivity contribution in [3.05, 3.63) is 29.8 Å². The summed E-state index contributed by atoms with van der Waals surface area (Å²) in [5, 5.41) is 12.0. The maximum Gasteiger partial charge on any atom is 0.339 e. The van der Waals surface area contributed by atoms with Crippen molar-refractivity contribution in [1.82, 2.24) is 0 Å². The van der Waals surface area contributed by atoms with Crippen LogP contribution in [0.4, 0.5) is 5.69 Å². The van der Waals surface area contributed by atoms with E-state index in [0.717, 1.165) is 31.5 Å². The summed E-state index contributed by atoms with van der Waals surface area (Å²) in [6, 6.07) is 6.56. The second kappa shape index (κ2) is 16.8. The van der Waals surface area contributed by atoms with Gasteiger partial charge in [0.2, 0.25) is 5.94 Å². The molecule has 0 bridgehead atoms. The maximum atomic E-state index is 11.6. The maximum absolute atomic E-state index is 11.6. The second-order valence-electron chi connectivity index (χ2n) is 6.54. The number of aliphatic hydroxyl groups is 1. The minimum atomic E-state index is -4.33. The van der Waals surface area contributed by atoms with Gasteiger partial charge in [-0.2, -0.15) is 8.42 Å². The number of benzene rings is 1. The Morgan fingerprint density at radius 2 is 1.39 bits per heavy atom. The second-order valence-corrected chi connectivity index (χ2v) is 7.94. The van der Waals surface area contributed by atoms with Gasteiger partial charge in [-0.3, -0.25) is 4.55 Å². The zero-order chi connectivity index (χ0) is 20.0. The van der Waals surface area contributed by atoms with Gasteiger partial charge in [-0.25, -0.2) is 4.79 Å². The van der Waals surface area contributed by atoms with E-state index in [4.69, 9.17) is 9.66 Å². The number of anilines is 1. The molecule has 0 spiro atoms. The molecule has 0 amide bonds.